The van der Waals surface area contributed by atoms with E-state index < -0.39 is 0 Å². The van der Waals surface area contributed by atoms with Crippen LogP contribution in [0.3, 0.4) is 0 Å². The molecule has 0 saturated heterocycles. The second-order valence-electron chi connectivity index (χ2n) is 4.75. The van der Waals surface area contributed by atoms with Crippen molar-refractivity contribution in [3.8, 4) is 16.3 Å². The van der Waals surface area contributed by atoms with Gasteiger partial charge in [0.15, 0.2) is 0 Å². The Balaban J connectivity index is 2.03. The summed E-state index contributed by atoms with van der Waals surface area (Å²) in [6, 6.07) is 7.44. The Labute approximate surface area is 105 Å². The van der Waals surface area contributed by atoms with Gasteiger partial charge >= 0.3 is 0 Å². The van der Waals surface area contributed by atoms with E-state index >= 15 is 0 Å². The lowest BCUT2D eigenvalue weighted by atomic mass is 9.93. The second-order valence-corrected chi connectivity index (χ2v) is 5.84. The number of nitrogens with zero attached hydrogens (tertiary/aromatic N) is 1. The topological polar surface area (TPSA) is 33.1 Å². The molecule has 1 aliphatic carbocycles. The van der Waals surface area contributed by atoms with Crippen molar-refractivity contribution in [3.05, 3.63) is 34.8 Å². The van der Waals surface area contributed by atoms with Crippen LogP contribution in [0.4, 0.5) is 0 Å². The summed E-state index contributed by atoms with van der Waals surface area (Å²) in [4.78, 5) is 6.08. The Morgan fingerprint density at radius 3 is 3.00 bits per heavy atom. The van der Waals surface area contributed by atoms with Crippen molar-refractivity contribution in [1.29, 1.82) is 0 Å². The highest BCUT2D eigenvalue weighted by Gasteiger charge is 2.20. The van der Waals surface area contributed by atoms with Gasteiger partial charge in [0.2, 0.25) is 0 Å². The number of para-hydroxylation sites is 1. The van der Waals surface area contributed by atoms with Gasteiger partial charge in [0.1, 0.15) is 10.8 Å². The summed E-state index contributed by atoms with van der Waals surface area (Å²) >= 11 is 1.74. The van der Waals surface area contributed by atoms with Crippen molar-refractivity contribution in [2.75, 3.05) is 0 Å². The van der Waals surface area contributed by atoms with Crippen LogP contribution in [0.5, 0.6) is 5.75 Å². The van der Waals surface area contributed by atoms with Crippen LogP contribution in [-0.2, 0) is 12.8 Å². The molecule has 1 aromatic heterocycles. The number of fused-ring (bicyclic) bond motifs is 1. The third-order valence-corrected chi connectivity index (χ3v) is 4.47. The smallest absolute Gasteiger partial charge is 0.127 e. The Hall–Kier alpha value is -1.35. The molecule has 0 saturated carbocycles. The van der Waals surface area contributed by atoms with E-state index in [-0.39, 0.29) is 0 Å². The van der Waals surface area contributed by atoms with Gasteiger partial charge in [-0.05, 0) is 37.3 Å². The van der Waals surface area contributed by atoms with Gasteiger partial charge in [-0.3, -0.25) is 0 Å². The minimum Gasteiger partial charge on any atom is -0.507 e. The molecule has 0 bridgehead atoms. The highest BCUT2D eigenvalue weighted by Crippen LogP contribution is 2.37. The molecule has 3 rings (SSSR count). The average Bonchev–Trinajstić information content (AvgIpc) is 2.72. The van der Waals surface area contributed by atoms with E-state index in [0.29, 0.717) is 5.75 Å². The summed E-state index contributed by atoms with van der Waals surface area (Å²) in [7, 11) is 0. The zero-order valence-electron chi connectivity index (χ0n) is 9.81. The Morgan fingerprint density at radius 1 is 1.35 bits per heavy atom. The van der Waals surface area contributed by atoms with Gasteiger partial charge in [-0.1, -0.05) is 19.1 Å². The second kappa shape index (κ2) is 4.15. The molecule has 0 amide bonds. The molecule has 2 aromatic rings. The predicted molar refractivity (Wildman–Crippen MR) is 70.4 cm³/mol. The molecule has 0 radical (unpaired) electrons. The first-order chi connectivity index (χ1) is 8.24. The summed E-state index contributed by atoms with van der Waals surface area (Å²) in [6.45, 7) is 2.29. The molecule has 1 N–H and O–H groups in total. The van der Waals surface area contributed by atoms with Gasteiger partial charge in [-0.25, -0.2) is 4.98 Å². The van der Waals surface area contributed by atoms with E-state index in [1.807, 2.05) is 18.2 Å². The molecule has 0 spiro atoms. The average molecular weight is 245 g/mol. The number of benzene rings is 1. The highest BCUT2D eigenvalue weighted by atomic mass is 32.1. The summed E-state index contributed by atoms with van der Waals surface area (Å²) in [5.74, 6) is 1.09. The number of aromatic nitrogens is 1. The molecule has 1 aromatic carbocycles. The molecule has 3 heteroatoms. The van der Waals surface area contributed by atoms with E-state index in [0.717, 1.165) is 29.3 Å². The lowest BCUT2D eigenvalue weighted by molar-refractivity contribution is 0.477. The van der Waals surface area contributed by atoms with E-state index in [9.17, 15) is 5.11 Å². The summed E-state index contributed by atoms with van der Waals surface area (Å²) in [5.41, 5.74) is 2.10. The first-order valence-corrected chi connectivity index (χ1v) is 6.82. The summed E-state index contributed by atoms with van der Waals surface area (Å²) in [5, 5.41) is 10.8. The van der Waals surface area contributed by atoms with E-state index in [2.05, 4.69) is 11.9 Å². The van der Waals surface area contributed by atoms with E-state index in [1.54, 1.807) is 17.4 Å². The number of hydrogen-bond donors (Lipinski definition) is 1. The SMILES string of the molecule is CC1CCc2nc(-c3ccccc3O)sc2C1. The number of phenolic OH excluding ortho intramolecular Hbond substituents is 1. The van der Waals surface area contributed by atoms with Crippen molar-refractivity contribution in [1.82, 2.24) is 4.98 Å². The largest absolute Gasteiger partial charge is 0.507 e. The minimum atomic E-state index is 0.326. The van der Waals surface area contributed by atoms with Gasteiger partial charge in [0.25, 0.3) is 0 Å². The van der Waals surface area contributed by atoms with Crippen molar-refractivity contribution in [2.45, 2.75) is 26.2 Å². The molecule has 1 aliphatic rings. The van der Waals surface area contributed by atoms with Crippen LogP contribution in [0.1, 0.15) is 23.9 Å². The Morgan fingerprint density at radius 2 is 2.18 bits per heavy atom. The minimum absolute atomic E-state index is 0.326. The molecule has 88 valence electrons. The van der Waals surface area contributed by atoms with Crippen molar-refractivity contribution >= 4 is 11.3 Å². The normalized spacial score (nSPS) is 19.0. The monoisotopic (exact) mass is 245 g/mol. The first kappa shape index (κ1) is 10.8. The van der Waals surface area contributed by atoms with Crippen LogP contribution in [0.25, 0.3) is 10.6 Å². The van der Waals surface area contributed by atoms with Crippen LogP contribution in [0.15, 0.2) is 24.3 Å². The Kier molecular flexibility index (Phi) is 2.63. The van der Waals surface area contributed by atoms with E-state index in [1.165, 1.54) is 17.0 Å². The lowest BCUT2D eigenvalue weighted by Crippen LogP contribution is -2.09. The number of rotatable bonds is 1. The number of hydrogen-bond acceptors (Lipinski definition) is 3. The molecule has 2 nitrogen and oxygen atoms in total. The quantitative estimate of drug-likeness (QED) is 0.832. The van der Waals surface area contributed by atoms with Crippen LogP contribution in [0, 0.1) is 5.92 Å². The third-order valence-electron chi connectivity index (χ3n) is 3.32. The fourth-order valence-electron chi connectivity index (χ4n) is 2.31. The molecule has 1 unspecified atom stereocenters. The van der Waals surface area contributed by atoms with Crippen LogP contribution in [0.2, 0.25) is 0 Å². The van der Waals surface area contributed by atoms with E-state index in [4.69, 9.17) is 0 Å². The number of thiazole rings is 1. The van der Waals surface area contributed by atoms with Crippen molar-refractivity contribution < 1.29 is 5.11 Å². The standard InChI is InChI=1S/C14H15NOS/c1-9-6-7-11-13(8-9)17-14(15-11)10-4-2-3-5-12(10)16/h2-5,9,16H,6-8H2,1H3. The van der Waals surface area contributed by atoms with Gasteiger partial charge in [0.05, 0.1) is 11.3 Å². The van der Waals surface area contributed by atoms with Gasteiger partial charge in [-0.15, -0.1) is 11.3 Å². The van der Waals surface area contributed by atoms with Crippen LogP contribution >= 0.6 is 11.3 Å². The van der Waals surface area contributed by atoms with Crippen molar-refractivity contribution in [3.63, 3.8) is 0 Å². The maximum absolute atomic E-state index is 9.84. The third kappa shape index (κ3) is 1.95. The fourth-order valence-corrected chi connectivity index (χ4v) is 3.61. The van der Waals surface area contributed by atoms with Gasteiger partial charge in [-0.2, -0.15) is 0 Å². The first-order valence-electron chi connectivity index (χ1n) is 6.01. The Bertz CT molecular complexity index is 547. The molecule has 0 fully saturated rings. The number of aromatic hydroxyl groups is 1. The van der Waals surface area contributed by atoms with Crippen LogP contribution in [-0.4, -0.2) is 10.1 Å². The summed E-state index contributed by atoms with van der Waals surface area (Å²) < 4.78 is 0. The number of phenols is 1. The number of aryl methyl sites for hydroxylation is 1. The van der Waals surface area contributed by atoms with Gasteiger partial charge < -0.3 is 5.11 Å². The van der Waals surface area contributed by atoms with Gasteiger partial charge in [0, 0.05) is 4.88 Å². The zero-order chi connectivity index (χ0) is 11.8. The molecule has 0 aliphatic heterocycles. The fraction of sp³-hybridized carbons (Fsp3) is 0.357. The molecule has 1 atom stereocenters. The summed E-state index contributed by atoms with van der Waals surface area (Å²) in [6.07, 6.45) is 3.46. The molecule has 1 heterocycles. The molecular formula is C14H15NOS. The zero-order valence-corrected chi connectivity index (χ0v) is 10.6. The predicted octanol–water partition coefficient (Wildman–Crippen LogP) is 3.64. The lowest BCUT2D eigenvalue weighted by Gasteiger charge is -2.15. The molecular weight excluding hydrogens is 230 g/mol. The maximum Gasteiger partial charge on any atom is 0.127 e. The molecule has 17 heavy (non-hydrogen) atoms. The maximum atomic E-state index is 9.84. The highest BCUT2D eigenvalue weighted by molar-refractivity contribution is 7.15. The van der Waals surface area contributed by atoms with Crippen molar-refractivity contribution in [2.24, 2.45) is 5.92 Å². The van der Waals surface area contributed by atoms with Crippen LogP contribution < -0.4 is 0 Å².